The van der Waals surface area contributed by atoms with Crippen molar-refractivity contribution >= 4 is 5.78 Å². The molecule has 1 aromatic rings. The van der Waals surface area contributed by atoms with E-state index in [2.05, 4.69) is 0 Å². The Morgan fingerprint density at radius 1 is 1.29 bits per heavy atom. The minimum absolute atomic E-state index is 0.106. The lowest BCUT2D eigenvalue weighted by molar-refractivity contribution is -0.137. The number of phenols is 1. The summed E-state index contributed by atoms with van der Waals surface area (Å²) in [5.74, 6) is -0.298. The number of Topliss-reactive ketones (excluding diaryl/α,β-unsaturated/α-hetero) is 1. The van der Waals surface area contributed by atoms with Gasteiger partial charge in [-0.25, -0.2) is 0 Å². The summed E-state index contributed by atoms with van der Waals surface area (Å²) in [5.41, 5.74) is -0.473. The predicted molar refractivity (Wildman–Crippen MR) is 80.5 cm³/mol. The van der Waals surface area contributed by atoms with Crippen molar-refractivity contribution in [3.05, 3.63) is 29.3 Å². The Balaban J connectivity index is 1.80. The highest BCUT2D eigenvalue weighted by Crippen LogP contribution is 2.34. The predicted octanol–water partition coefficient (Wildman–Crippen LogP) is 2.98. The topological polar surface area (TPSA) is 49.8 Å². The number of carbonyl (C=O) groups is 1. The molecule has 0 radical (unpaired) electrons. The molecule has 1 saturated heterocycles. The van der Waals surface area contributed by atoms with Gasteiger partial charge in [-0.2, -0.15) is 13.2 Å². The molecular weight excluding hydrogens is 323 g/mol. The summed E-state index contributed by atoms with van der Waals surface area (Å²) in [6, 6.07) is 3.02. The van der Waals surface area contributed by atoms with Gasteiger partial charge in [0.05, 0.1) is 18.8 Å². The fourth-order valence-electron chi connectivity index (χ4n) is 3.64. The van der Waals surface area contributed by atoms with Crippen molar-refractivity contribution < 1.29 is 27.8 Å². The zero-order valence-electron chi connectivity index (χ0n) is 13.2. The standard InChI is InChI=1S/C17H20F3NO3/c18-17(19,20)12-6-11(7-13(22)8-12)9-21-4-5-24-10-15(21)14-2-1-3-16(14)23/h6-8,14-15,22H,1-5,9-10H2. The van der Waals surface area contributed by atoms with Crippen LogP contribution in [0.5, 0.6) is 5.75 Å². The first kappa shape index (κ1) is 17.2. The lowest BCUT2D eigenvalue weighted by Gasteiger charge is -2.38. The summed E-state index contributed by atoms with van der Waals surface area (Å²) < 4.78 is 44.2. The van der Waals surface area contributed by atoms with Crippen LogP contribution in [0.4, 0.5) is 13.2 Å². The fourth-order valence-corrected chi connectivity index (χ4v) is 3.64. The van der Waals surface area contributed by atoms with E-state index in [-0.39, 0.29) is 24.3 Å². The number of morpholine rings is 1. The van der Waals surface area contributed by atoms with Gasteiger partial charge in [0.1, 0.15) is 11.5 Å². The van der Waals surface area contributed by atoms with Crippen LogP contribution in [0, 0.1) is 5.92 Å². The SMILES string of the molecule is O=C1CCCC1C1COCCN1Cc1cc(O)cc(C(F)(F)F)c1. The van der Waals surface area contributed by atoms with E-state index < -0.39 is 17.5 Å². The van der Waals surface area contributed by atoms with Crippen LogP contribution < -0.4 is 0 Å². The quantitative estimate of drug-likeness (QED) is 0.917. The van der Waals surface area contributed by atoms with Gasteiger partial charge in [-0.15, -0.1) is 0 Å². The molecule has 2 fully saturated rings. The molecule has 1 N–H and O–H groups in total. The summed E-state index contributed by atoms with van der Waals surface area (Å²) in [4.78, 5) is 14.0. The Morgan fingerprint density at radius 3 is 2.75 bits per heavy atom. The average molecular weight is 343 g/mol. The molecule has 2 atom stereocenters. The molecule has 0 amide bonds. The minimum Gasteiger partial charge on any atom is -0.508 e. The Kier molecular flexibility index (Phi) is 4.83. The second-order valence-corrected chi connectivity index (χ2v) is 6.46. The largest absolute Gasteiger partial charge is 0.508 e. The number of phenolic OH excluding ortho intramolecular Hbond substituents is 1. The van der Waals surface area contributed by atoms with Gasteiger partial charge >= 0.3 is 6.18 Å². The summed E-state index contributed by atoms with van der Waals surface area (Å²) in [7, 11) is 0. The molecule has 3 rings (SSSR count). The number of hydrogen-bond acceptors (Lipinski definition) is 4. The number of ketones is 1. The van der Waals surface area contributed by atoms with Crippen LogP contribution in [0.1, 0.15) is 30.4 Å². The Bertz CT molecular complexity index is 618. The summed E-state index contributed by atoms with van der Waals surface area (Å²) in [6.07, 6.45) is -2.27. The number of halogens is 3. The molecule has 0 aromatic heterocycles. The second kappa shape index (κ2) is 6.72. The van der Waals surface area contributed by atoms with Crippen LogP contribution in [-0.2, 0) is 22.3 Å². The van der Waals surface area contributed by atoms with E-state index in [1.807, 2.05) is 4.90 Å². The van der Waals surface area contributed by atoms with E-state index in [9.17, 15) is 23.1 Å². The molecule has 0 spiro atoms. The molecule has 132 valence electrons. The Labute approximate surface area is 138 Å². The monoisotopic (exact) mass is 343 g/mol. The first-order chi connectivity index (χ1) is 11.3. The van der Waals surface area contributed by atoms with E-state index in [0.717, 1.165) is 25.0 Å². The maximum absolute atomic E-state index is 12.9. The maximum Gasteiger partial charge on any atom is 0.416 e. The molecular formula is C17H20F3NO3. The molecule has 1 saturated carbocycles. The summed E-state index contributed by atoms with van der Waals surface area (Å²) in [6.45, 7) is 1.73. The van der Waals surface area contributed by atoms with Crippen LogP contribution in [-0.4, -0.2) is 41.6 Å². The van der Waals surface area contributed by atoms with Crippen LogP contribution in [0.2, 0.25) is 0 Å². The van der Waals surface area contributed by atoms with Crippen LogP contribution in [0.15, 0.2) is 18.2 Å². The molecule has 2 aliphatic rings. The Hall–Kier alpha value is -1.60. The lowest BCUT2D eigenvalue weighted by Crippen LogP contribution is -2.49. The molecule has 1 aromatic carbocycles. The highest BCUT2D eigenvalue weighted by Gasteiger charge is 2.37. The van der Waals surface area contributed by atoms with Crippen molar-refractivity contribution in [3.8, 4) is 5.75 Å². The van der Waals surface area contributed by atoms with E-state index in [4.69, 9.17) is 4.74 Å². The van der Waals surface area contributed by atoms with E-state index in [1.165, 1.54) is 6.07 Å². The third-order valence-corrected chi connectivity index (χ3v) is 4.79. The van der Waals surface area contributed by atoms with Gasteiger partial charge in [0.25, 0.3) is 0 Å². The molecule has 1 heterocycles. The highest BCUT2D eigenvalue weighted by atomic mass is 19.4. The number of alkyl halides is 3. The molecule has 7 heteroatoms. The number of carbonyl (C=O) groups excluding carboxylic acids is 1. The molecule has 1 aliphatic heterocycles. The van der Waals surface area contributed by atoms with Crippen molar-refractivity contribution in [1.29, 1.82) is 0 Å². The maximum atomic E-state index is 12.9. The van der Waals surface area contributed by atoms with E-state index in [0.29, 0.717) is 31.7 Å². The third kappa shape index (κ3) is 3.72. The van der Waals surface area contributed by atoms with Crippen molar-refractivity contribution in [3.63, 3.8) is 0 Å². The van der Waals surface area contributed by atoms with Crippen LogP contribution in [0.25, 0.3) is 0 Å². The number of ether oxygens (including phenoxy) is 1. The van der Waals surface area contributed by atoms with E-state index >= 15 is 0 Å². The van der Waals surface area contributed by atoms with Crippen molar-refractivity contribution in [2.75, 3.05) is 19.8 Å². The van der Waals surface area contributed by atoms with Gasteiger partial charge in [-0.3, -0.25) is 9.69 Å². The van der Waals surface area contributed by atoms with Crippen molar-refractivity contribution in [2.45, 2.75) is 38.0 Å². The van der Waals surface area contributed by atoms with Gasteiger partial charge in [-0.05, 0) is 36.6 Å². The summed E-state index contributed by atoms with van der Waals surface area (Å²) in [5, 5.41) is 9.61. The average Bonchev–Trinajstić information content (AvgIpc) is 2.92. The smallest absolute Gasteiger partial charge is 0.416 e. The van der Waals surface area contributed by atoms with Gasteiger partial charge in [-0.1, -0.05) is 0 Å². The number of rotatable bonds is 3. The molecule has 24 heavy (non-hydrogen) atoms. The van der Waals surface area contributed by atoms with Crippen molar-refractivity contribution in [1.82, 2.24) is 4.90 Å². The van der Waals surface area contributed by atoms with Crippen LogP contribution >= 0.6 is 0 Å². The second-order valence-electron chi connectivity index (χ2n) is 6.46. The van der Waals surface area contributed by atoms with Gasteiger partial charge in [0.2, 0.25) is 0 Å². The molecule has 0 bridgehead atoms. The van der Waals surface area contributed by atoms with Gasteiger partial charge in [0.15, 0.2) is 0 Å². The summed E-state index contributed by atoms with van der Waals surface area (Å²) >= 11 is 0. The normalized spacial score (nSPS) is 26.0. The van der Waals surface area contributed by atoms with E-state index in [1.54, 1.807) is 0 Å². The zero-order chi connectivity index (χ0) is 17.3. The zero-order valence-corrected chi connectivity index (χ0v) is 13.2. The number of aromatic hydroxyl groups is 1. The Morgan fingerprint density at radius 2 is 2.08 bits per heavy atom. The number of hydrogen-bond donors (Lipinski definition) is 1. The number of nitrogens with zero attached hydrogens (tertiary/aromatic N) is 1. The minimum atomic E-state index is -4.50. The molecule has 4 nitrogen and oxygen atoms in total. The third-order valence-electron chi connectivity index (χ3n) is 4.79. The lowest BCUT2D eigenvalue weighted by atomic mass is 9.94. The van der Waals surface area contributed by atoms with Gasteiger partial charge < -0.3 is 9.84 Å². The first-order valence-electron chi connectivity index (χ1n) is 8.09. The molecule has 1 aliphatic carbocycles. The first-order valence-corrected chi connectivity index (χ1v) is 8.09. The number of benzene rings is 1. The molecule has 2 unspecified atom stereocenters. The van der Waals surface area contributed by atoms with Crippen LogP contribution in [0.3, 0.4) is 0 Å². The van der Waals surface area contributed by atoms with Gasteiger partial charge in [0, 0.05) is 31.5 Å². The highest BCUT2D eigenvalue weighted by molar-refractivity contribution is 5.83. The fraction of sp³-hybridized carbons (Fsp3) is 0.588. The van der Waals surface area contributed by atoms with Crippen molar-refractivity contribution in [2.24, 2.45) is 5.92 Å².